The Bertz CT molecular complexity index is 546. The number of benzene rings is 1. The molecule has 128 valence electrons. The number of piperidine rings is 1. The lowest BCUT2D eigenvalue weighted by Crippen LogP contribution is -2.42. The number of hydrogen-bond donors (Lipinski definition) is 0. The molecule has 1 heterocycles. The van der Waals surface area contributed by atoms with E-state index in [0.717, 1.165) is 36.2 Å². The molecule has 4 nitrogen and oxygen atoms in total. The fraction of sp³-hybridized carbons (Fsp3) is 0.611. The van der Waals surface area contributed by atoms with Crippen LogP contribution < -0.4 is 4.74 Å². The number of nitrogens with zero attached hydrogens (tertiary/aromatic N) is 1. The zero-order valence-electron chi connectivity index (χ0n) is 14.4. The third-order valence-corrected chi connectivity index (χ3v) is 4.91. The van der Waals surface area contributed by atoms with E-state index in [0.29, 0.717) is 12.5 Å². The highest BCUT2D eigenvalue weighted by Crippen LogP contribution is 2.29. The van der Waals surface area contributed by atoms with Crippen LogP contribution in [0.5, 0.6) is 5.75 Å². The Hall–Kier alpha value is -1.23. The first-order valence-corrected chi connectivity index (χ1v) is 8.91. The molecule has 1 aliphatic rings. The van der Waals surface area contributed by atoms with Crippen molar-refractivity contribution in [2.45, 2.75) is 46.1 Å². The smallest absolute Gasteiger partial charge is 0.410 e. The van der Waals surface area contributed by atoms with Crippen molar-refractivity contribution < 1.29 is 14.3 Å². The summed E-state index contributed by atoms with van der Waals surface area (Å²) in [7, 11) is 0. The van der Waals surface area contributed by atoms with Gasteiger partial charge in [-0.15, -0.1) is 0 Å². The second-order valence-corrected chi connectivity index (χ2v) is 7.90. The van der Waals surface area contributed by atoms with Crippen molar-refractivity contribution in [3.63, 3.8) is 0 Å². The molecule has 0 radical (unpaired) electrons. The normalized spacial score (nSPS) is 16.3. The average molecular weight is 384 g/mol. The minimum atomic E-state index is -0.436. The van der Waals surface area contributed by atoms with Gasteiger partial charge in [-0.05, 0) is 74.0 Å². The van der Waals surface area contributed by atoms with Gasteiger partial charge in [0.2, 0.25) is 0 Å². The molecule has 0 spiro atoms. The van der Waals surface area contributed by atoms with E-state index < -0.39 is 5.60 Å². The summed E-state index contributed by atoms with van der Waals surface area (Å²) in [5.74, 6) is 1.36. The van der Waals surface area contributed by atoms with Crippen molar-refractivity contribution in [2.75, 3.05) is 19.7 Å². The Morgan fingerprint density at radius 1 is 1.30 bits per heavy atom. The molecule has 0 aromatic heterocycles. The number of aryl methyl sites for hydroxylation is 1. The van der Waals surface area contributed by atoms with Gasteiger partial charge in [0.1, 0.15) is 11.4 Å². The summed E-state index contributed by atoms with van der Waals surface area (Å²) >= 11 is 3.57. The van der Waals surface area contributed by atoms with Crippen molar-refractivity contribution in [1.29, 1.82) is 0 Å². The predicted molar refractivity (Wildman–Crippen MR) is 94.9 cm³/mol. The van der Waals surface area contributed by atoms with E-state index in [9.17, 15) is 4.79 Å². The van der Waals surface area contributed by atoms with Crippen LogP contribution in [0.25, 0.3) is 0 Å². The van der Waals surface area contributed by atoms with Gasteiger partial charge in [0.05, 0.1) is 11.1 Å². The molecule has 0 aliphatic carbocycles. The van der Waals surface area contributed by atoms with Crippen LogP contribution in [-0.4, -0.2) is 36.3 Å². The zero-order valence-corrected chi connectivity index (χ0v) is 16.0. The molecule has 0 N–H and O–H groups in total. The van der Waals surface area contributed by atoms with Gasteiger partial charge >= 0.3 is 6.09 Å². The lowest BCUT2D eigenvalue weighted by Gasteiger charge is -2.33. The van der Waals surface area contributed by atoms with Crippen LogP contribution in [0.4, 0.5) is 4.79 Å². The fourth-order valence-corrected chi connectivity index (χ4v) is 2.93. The number of rotatable bonds is 3. The van der Waals surface area contributed by atoms with Gasteiger partial charge in [0.25, 0.3) is 0 Å². The third-order valence-electron chi connectivity index (χ3n) is 3.90. The van der Waals surface area contributed by atoms with E-state index in [1.54, 1.807) is 4.90 Å². The van der Waals surface area contributed by atoms with E-state index in [4.69, 9.17) is 9.47 Å². The van der Waals surface area contributed by atoms with Crippen molar-refractivity contribution in [3.05, 3.63) is 28.2 Å². The number of likely N-dealkylation sites (tertiary alicyclic amines) is 1. The molecular weight excluding hydrogens is 358 g/mol. The number of hydrogen-bond acceptors (Lipinski definition) is 3. The number of carbonyl (C=O) groups excluding carboxylic acids is 1. The number of ether oxygens (including phenoxy) is 2. The van der Waals surface area contributed by atoms with Crippen molar-refractivity contribution in [1.82, 2.24) is 4.90 Å². The lowest BCUT2D eigenvalue weighted by atomic mass is 9.98. The number of halogens is 1. The van der Waals surface area contributed by atoms with Gasteiger partial charge in [-0.3, -0.25) is 0 Å². The maximum atomic E-state index is 12.0. The van der Waals surface area contributed by atoms with Gasteiger partial charge in [-0.25, -0.2) is 4.79 Å². The largest absolute Gasteiger partial charge is 0.492 e. The van der Waals surface area contributed by atoms with Gasteiger partial charge in [0.15, 0.2) is 0 Å². The second kappa shape index (κ2) is 7.56. The van der Waals surface area contributed by atoms with Gasteiger partial charge in [-0.1, -0.05) is 12.1 Å². The van der Waals surface area contributed by atoms with E-state index in [1.165, 1.54) is 5.56 Å². The first-order valence-electron chi connectivity index (χ1n) is 8.12. The Kier molecular flexibility index (Phi) is 5.95. The first kappa shape index (κ1) is 18.1. The summed E-state index contributed by atoms with van der Waals surface area (Å²) in [5, 5.41) is 0. The molecule has 1 aliphatic heterocycles. The highest BCUT2D eigenvalue weighted by Gasteiger charge is 2.27. The maximum Gasteiger partial charge on any atom is 0.410 e. The molecule has 0 bridgehead atoms. The topological polar surface area (TPSA) is 38.8 Å². The molecule has 0 atom stereocenters. The summed E-state index contributed by atoms with van der Waals surface area (Å²) in [4.78, 5) is 13.8. The summed E-state index contributed by atoms with van der Waals surface area (Å²) < 4.78 is 12.4. The molecule has 23 heavy (non-hydrogen) atoms. The quantitative estimate of drug-likeness (QED) is 0.753. The summed E-state index contributed by atoms with van der Waals surface area (Å²) in [5.41, 5.74) is 0.733. The molecule has 5 heteroatoms. The van der Waals surface area contributed by atoms with Crippen LogP contribution in [0.1, 0.15) is 39.2 Å². The van der Waals surface area contributed by atoms with Crippen LogP contribution in [0.3, 0.4) is 0 Å². The second-order valence-electron chi connectivity index (χ2n) is 7.11. The fourth-order valence-electron chi connectivity index (χ4n) is 2.55. The Balaban J connectivity index is 1.79. The first-order chi connectivity index (χ1) is 10.8. The predicted octanol–water partition coefficient (Wildman–Crippen LogP) is 4.78. The van der Waals surface area contributed by atoms with E-state index >= 15 is 0 Å². The van der Waals surface area contributed by atoms with Crippen LogP contribution >= 0.6 is 15.9 Å². The lowest BCUT2D eigenvalue weighted by molar-refractivity contribution is 0.0165. The molecule has 2 rings (SSSR count). The van der Waals surface area contributed by atoms with Crippen LogP contribution in [-0.2, 0) is 4.74 Å². The van der Waals surface area contributed by atoms with Crippen LogP contribution in [0.15, 0.2) is 22.7 Å². The number of carbonyl (C=O) groups is 1. The van der Waals surface area contributed by atoms with Gasteiger partial charge in [0, 0.05) is 13.1 Å². The van der Waals surface area contributed by atoms with Crippen molar-refractivity contribution in [3.8, 4) is 5.75 Å². The summed E-state index contributed by atoms with van der Waals surface area (Å²) in [6.45, 7) is 9.89. The Morgan fingerprint density at radius 2 is 1.96 bits per heavy atom. The van der Waals surface area contributed by atoms with E-state index in [2.05, 4.69) is 28.9 Å². The van der Waals surface area contributed by atoms with Crippen molar-refractivity contribution in [2.24, 2.45) is 5.92 Å². The minimum Gasteiger partial charge on any atom is -0.492 e. The van der Waals surface area contributed by atoms with Crippen LogP contribution in [0.2, 0.25) is 0 Å². The molecule has 0 unspecified atom stereocenters. The maximum absolute atomic E-state index is 12.0. The van der Waals surface area contributed by atoms with Crippen LogP contribution in [0, 0.1) is 12.8 Å². The summed E-state index contributed by atoms with van der Waals surface area (Å²) in [6.07, 6.45) is 1.68. The van der Waals surface area contributed by atoms with Crippen molar-refractivity contribution >= 4 is 22.0 Å². The standard InChI is InChI=1S/C18H26BrNO3/c1-13-6-5-7-15(16(13)19)22-12-14-8-10-20(11-9-14)17(21)23-18(2,3)4/h5-7,14H,8-12H2,1-4H3. The molecule has 1 aromatic carbocycles. The Labute approximate surface area is 147 Å². The monoisotopic (exact) mass is 383 g/mol. The molecule has 1 saturated heterocycles. The van der Waals surface area contributed by atoms with Gasteiger partial charge < -0.3 is 14.4 Å². The number of amides is 1. The highest BCUT2D eigenvalue weighted by molar-refractivity contribution is 9.10. The van der Waals surface area contributed by atoms with E-state index in [1.807, 2.05) is 32.9 Å². The average Bonchev–Trinajstić information content (AvgIpc) is 2.47. The SMILES string of the molecule is Cc1cccc(OCC2CCN(C(=O)OC(C)(C)C)CC2)c1Br. The minimum absolute atomic E-state index is 0.210. The third kappa shape index (κ3) is 5.41. The molecular formula is C18H26BrNO3. The zero-order chi connectivity index (χ0) is 17.0. The van der Waals surface area contributed by atoms with Gasteiger partial charge in [-0.2, -0.15) is 0 Å². The summed E-state index contributed by atoms with van der Waals surface area (Å²) in [6, 6.07) is 6.03. The molecule has 1 aromatic rings. The Morgan fingerprint density at radius 3 is 2.57 bits per heavy atom. The van der Waals surface area contributed by atoms with E-state index in [-0.39, 0.29) is 6.09 Å². The molecule has 0 saturated carbocycles. The highest BCUT2D eigenvalue weighted by atomic mass is 79.9. The molecule has 1 fully saturated rings. The molecule has 1 amide bonds.